The predicted octanol–water partition coefficient (Wildman–Crippen LogP) is 1.15. The number of benzene rings is 1. The Hall–Kier alpha value is -1.26. The lowest BCUT2D eigenvalue weighted by Crippen LogP contribution is -2.43. The minimum absolute atomic E-state index is 0.221. The van der Waals surface area contributed by atoms with Crippen LogP contribution in [0.1, 0.15) is 5.56 Å². The van der Waals surface area contributed by atoms with Gasteiger partial charge in [-0.15, -0.1) is 0 Å². The van der Waals surface area contributed by atoms with Gasteiger partial charge in [0.15, 0.2) is 11.5 Å². The van der Waals surface area contributed by atoms with Crippen molar-refractivity contribution in [2.45, 2.75) is 6.54 Å². The van der Waals surface area contributed by atoms with Crippen LogP contribution in [0.5, 0.6) is 11.5 Å². The van der Waals surface area contributed by atoms with E-state index < -0.39 is 0 Å². The van der Waals surface area contributed by atoms with Crippen molar-refractivity contribution >= 4 is 0 Å². The molecule has 0 aliphatic carbocycles. The molecule has 0 amide bonds. The maximum Gasteiger partial charge on any atom is 0.160 e. The third kappa shape index (κ3) is 3.11. The fourth-order valence-corrected chi connectivity index (χ4v) is 2.10. The summed E-state index contributed by atoms with van der Waals surface area (Å²) >= 11 is 0. The van der Waals surface area contributed by atoms with Gasteiger partial charge in [0, 0.05) is 32.7 Å². The van der Waals surface area contributed by atoms with Crippen molar-refractivity contribution in [2.75, 3.05) is 40.3 Å². The van der Waals surface area contributed by atoms with Crippen LogP contribution >= 0.6 is 0 Å². The molecule has 1 aliphatic rings. The number of phenolic OH excluding ortho intramolecular Hbond substituents is 1. The Morgan fingerprint density at radius 1 is 1.24 bits per heavy atom. The standard InChI is InChI=1S/C13H20N2O2/c1-14-5-7-15(8-6-14)10-11-3-4-13(17-2)12(16)9-11/h3-4,9,16H,5-8,10H2,1-2H3. The van der Waals surface area contributed by atoms with E-state index in [9.17, 15) is 5.11 Å². The molecule has 94 valence electrons. The topological polar surface area (TPSA) is 35.9 Å². The Bertz CT molecular complexity index is 374. The van der Waals surface area contributed by atoms with Gasteiger partial charge in [0.05, 0.1) is 7.11 Å². The molecule has 0 saturated carbocycles. The quantitative estimate of drug-likeness (QED) is 0.854. The molecule has 1 aliphatic heterocycles. The van der Waals surface area contributed by atoms with E-state index in [1.165, 1.54) is 0 Å². The van der Waals surface area contributed by atoms with E-state index in [2.05, 4.69) is 16.8 Å². The molecule has 0 unspecified atom stereocenters. The lowest BCUT2D eigenvalue weighted by atomic mass is 10.1. The van der Waals surface area contributed by atoms with Crippen LogP contribution in [-0.4, -0.2) is 55.2 Å². The molecule has 2 rings (SSSR count). The largest absolute Gasteiger partial charge is 0.504 e. The van der Waals surface area contributed by atoms with Gasteiger partial charge in [0.1, 0.15) is 0 Å². The van der Waals surface area contributed by atoms with Crippen molar-refractivity contribution in [3.63, 3.8) is 0 Å². The van der Waals surface area contributed by atoms with E-state index in [0.29, 0.717) is 5.75 Å². The second-order valence-corrected chi connectivity index (χ2v) is 4.59. The van der Waals surface area contributed by atoms with E-state index in [1.807, 2.05) is 12.1 Å². The number of ether oxygens (including phenoxy) is 1. The summed E-state index contributed by atoms with van der Waals surface area (Å²) in [6.07, 6.45) is 0. The zero-order valence-corrected chi connectivity index (χ0v) is 10.5. The van der Waals surface area contributed by atoms with E-state index in [1.54, 1.807) is 13.2 Å². The molecule has 1 aromatic rings. The lowest BCUT2D eigenvalue weighted by Gasteiger charge is -2.32. The average Bonchev–Trinajstić information content (AvgIpc) is 2.32. The van der Waals surface area contributed by atoms with Crippen molar-refractivity contribution in [1.82, 2.24) is 9.80 Å². The number of likely N-dealkylation sites (N-methyl/N-ethyl adjacent to an activating group) is 1. The summed E-state index contributed by atoms with van der Waals surface area (Å²) in [5.74, 6) is 0.756. The summed E-state index contributed by atoms with van der Waals surface area (Å²) in [7, 11) is 3.71. The highest BCUT2D eigenvalue weighted by atomic mass is 16.5. The number of methoxy groups -OCH3 is 1. The Morgan fingerprint density at radius 3 is 2.53 bits per heavy atom. The molecule has 4 nitrogen and oxygen atoms in total. The number of phenols is 1. The van der Waals surface area contributed by atoms with Gasteiger partial charge in [-0.25, -0.2) is 0 Å². The molecule has 1 fully saturated rings. The summed E-state index contributed by atoms with van der Waals surface area (Å²) in [6, 6.07) is 5.62. The predicted molar refractivity (Wildman–Crippen MR) is 67.4 cm³/mol. The molecule has 0 aromatic heterocycles. The molecule has 1 saturated heterocycles. The smallest absolute Gasteiger partial charge is 0.160 e. The van der Waals surface area contributed by atoms with Crippen LogP contribution in [0.3, 0.4) is 0 Å². The highest BCUT2D eigenvalue weighted by Gasteiger charge is 2.14. The van der Waals surface area contributed by atoms with Crippen LogP contribution in [0.15, 0.2) is 18.2 Å². The molecule has 0 bridgehead atoms. The van der Waals surface area contributed by atoms with Crippen molar-refractivity contribution in [2.24, 2.45) is 0 Å². The minimum Gasteiger partial charge on any atom is -0.504 e. The van der Waals surface area contributed by atoms with Gasteiger partial charge in [-0.05, 0) is 24.7 Å². The highest BCUT2D eigenvalue weighted by Crippen LogP contribution is 2.26. The molecule has 0 spiro atoms. The molecular formula is C13H20N2O2. The van der Waals surface area contributed by atoms with Gasteiger partial charge in [0.2, 0.25) is 0 Å². The molecule has 1 aromatic carbocycles. The normalized spacial score (nSPS) is 18.2. The van der Waals surface area contributed by atoms with Gasteiger partial charge < -0.3 is 14.7 Å². The average molecular weight is 236 g/mol. The first-order valence-corrected chi connectivity index (χ1v) is 5.96. The number of nitrogens with zero attached hydrogens (tertiary/aromatic N) is 2. The first-order valence-electron chi connectivity index (χ1n) is 5.96. The van der Waals surface area contributed by atoms with Gasteiger partial charge in [-0.2, -0.15) is 0 Å². The first kappa shape index (κ1) is 12.2. The van der Waals surface area contributed by atoms with E-state index in [0.717, 1.165) is 38.3 Å². The number of aromatic hydroxyl groups is 1. The summed E-state index contributed by atoms with van der Waals surface area (Å²) < 4.78 is 5.03. The Kier molecular flexibility index (Phi) is 3.86. The molecule has 4 heteroatoms. The SMILES string of the molecule is COc1ccc(CN2CCN(C)CC2)cc1O. The number of hydrogen-bond donors (Lipinski definition) is 1. The van der Waals surface area contributed by atoms with Gasteiger partial charge in [-0.1, -0.05) is 6.07 Å². The summed E-state index contributed by atoms with van der Waals surface area (Å²) in [6.45, 7) is 5.29. The van der Waals surface area contributed by atoms with Crippen LogP contribution < -0.4 is 4.74 Å². The molecule has 1 heterocycles. The van der Waals surface area contributed by atoms with Crippen LogP contribution in [0.25, 0.3) is 0 Å². The Morgan fingerprint density at radius 2 is 1.94 bits per heavy atom. The summed E-state index contributed by atoms with van der Waals surface area (Å²) in [5.41, 5.74) is 1.13. The van der Waals surface area contributed by atoms with Crippen LogP contribution in [0, 0.1) is 0 Å². The van der Waals surface area contributed by atoms with E-state index in [4.69, 9.17) is 4.74 Å². The van der Waals surface area contributed by atoms with Gasteiger partial charge in [0.25, 0.3) is 0 Å². The molecular weight excluding hydrogens is 216 g/mol. The summed E-state index contributed by atoms with van der Waals surface area (Å²) in [4.78, 5) is 4.74. The van der Waals surface area contributed by atoms with Crippen LogP contribution in [0.2, 0.25) is 0 Å². The maximum absolute atomic E-state index is 9.71. The maximum atomic E-state index is 9.71. The molecule has 0 radical (unpaired) electrons. The molecule has 0 atom stereocenters. The summed E-state index contributed by atoms with van der Waals surface area (Å²) in [5, 5.41) is 9.71. The lowest BCUT2D eigenvalue weighted by molar-refractivity contribution is 0.148. The first-order chi connectivity index (χ1) is 8.19. The third-order valence-corrected chi connectivity index (χ3v) is 3.25. The van der Waals surface area contributed by atoms with Crippen molar-refractivity contribution in [3.8, 4) is 11.5 Å². The number of piperazine rings is 1. The monoisotopic (exact) mass is 236 g/mol. The number of hydrogen-bond acceptors (Lipinski definition) is 4. The zero-order chi connectivity index (χ0) is 12.3. The van der Waals surface area contributed by atoms with Crippen molar-refractivity contribution < 1.29 is 9.84 Å². The van der Waals surface area contributed by atoms with E-state index >= 15 is 0 Å². The van der Waals surface area contributed by atoms with Crippen LogP contribution in [-0.2, 0) is 6.54 Å². The van der Waals surface area contributed by atoms with Crippen molar-refractivity contribution in [1.29, 1.82) is 0 Å². The van der Waals surface area contributed by atoms with Crippen LogP contribution in [0.4, 0.5) is 0 Å². The molecule has 17 heavy (non-hydrogen) atoms. The second-order valence-electron chi connectivity index (χ2n) is 4.59. The van der Waals surface area contributed by atoms with Gasteiger partial charge >= 0.3 is 0 Å². The van der Waals surface area contributed by atoms with Crippen molar-refractivity contribution in [3.05, 3.63) is 23.8 Å². The fourth-order valence-electron chi connectivity index (χ4n) is 2.10. The zero-order valence-electron chi connectivity index (χ0n) is 10.5. The minimum atomic E-state index is 0.221. The highest BCUT2D eigenvalue weighted by molar-refractivity contribution is 5.41. The van der Waals surface area contributed by atoms with Gasteiger partial charge in [-0.3, -0.25) is 4.90 Å². The molecule has 1 N–H and O–H groups in total. The second kappa shape index (κ2) is 5.38. The third-order valence-electron chi connectivity index (χ3n) is 3.25. The van der Waals surface area contributed by atoms with E-state index in [-0.39, 0.29) is 5.75 Å². The Labute approximate surface area is 102 Å². The number of rotatable bonds is 3. The fraction of sp³-hybridized carbons (Fsp3) is 0.538. The Balaban J connectivity index is 1.97.